The molecule has 1 unspecified atom stereocenters. The van der Waals surface area contributed by atoms with Crippen molar-refractivity contribution in [3.05, 3.63) is 34.9 Å². The van der Waals surface area contributed by atoms with Gasteiger partial charge >= 0.3 is 0 Å². The number of amides is 1. The van der Waals surface area contributed by atoms with Crippen molar-refractivity contribution in [2.24, 2.45) is 0 Å². The first-order valence-electron chi connectivity index (χ1n) is 6.66. The molecule has 3 nitrogen and oxygen atoms in total. The number of likely N-dealkylation sites (tertiary alicyclic amines) is 1. The average Bonchev–Trinajstić information content (AvgIpc) is 2.81. The number of aryl methyl sites for hydroxylation is 1. The molecule has 1 heterocycles. The molecular formula is C15H17F2NO2. The summed E-state index contributed by atoms with van der Waals surface area (Å²) in [5.74, 6) is -2.36. The van der Waals surface area contributed by atoms with Gasteiger partial charge in [0.25, 0.3) is 5.91 Å². The second-order valence-electron chi connectivity index (χ2n) is 5.25. The first-order chi connectivity index (χ1) is 9.41. The number of carbonyl (C=O) groups is 2. The summed E-state index contributed by atoms with van der Waals surface area (Å²) >= 11 is 0. The third kappa shape index (κ3) is 2.71. The van der Waals surface area contributed by atoms with Crippen molar-refractivity contribution in [2.45, 2.75) is 39.2 Å². The molecule has 0 radical (unpaired) electrons. The Morgan fingerprint density at radius 1 is 1.35 bits per heavy atom. The number of rotatable bonds is 3. The van der Waals surface area contributed by atoms with Crippen LogP contribution >= 0.6 is 0 Å². The minimum atomic E-state index is -0.855. The fourth-order valence-corrected chi connectivity index (χ4v) is 2.64. The van der Waals surface area contributed by atoms with Gasteiger partial charge in [-0.3, -0.25) is 9.59 Å². The summed E-state index contributed by atoms with van der Waals surface area (Å²) in [5, 5.41) is 0. The zero-order valence-electron chi connectivity index (χ0n) is 11.6. The van der Waals surface area contributed by atoms with E-state index in [-0.39, 0.29) is 23.8 Å². The number of hydrogen-bond acceptors (Lipinski definition) is 2. The Labute approximate surface area is 116 Å². The topological polar surface area (TPSA) is 37.4 Å². The number of carbonyl (C=O) groups excluding carboxylic acids is 2. The highest BCUT2D eigenvalue weighted by Crippen LogP contribution is 2.25. The molecule has 0 aromatic heterocycles. The van der Waals surface area contributed by atoms with Gasteiger partial charge < -0.3 is 4.90 Å². The van der Waals surface area contributed by atoms with E-state index in [1.165, 1.54) is 24.8 Å². The lowest BCUT2D eigenvalue weighted by atomic mass is 10.1. The molecule has 0 spiro atoms. The molecule has 0 aliphatic carbocycles. The number of hydrogen-bond donors (Lipinski definition) is 0. The van der Waals surface area contributed by atoms with Gasteiger partial charge in [0.1, 0.15) is 23.0 Å². The summed E-state index contributed by atoms with van der Waals surface area (Å²) in [4.78, 5) is 25.0. The van der Waals surface area contributed by atoms with Gasteiger partial charge in [-0.15, -0.1) is 0 Å². The molecule has 1 atom stereocenters. The molecule has 0 bridgehead atoms. The van der Waals surface area contributed by atoms with Crippen LogP contribution in [0, 0.1) is 18.6 Å². The zero-order valence-corrected chi connectivity index (χ0v) is 11.6. The standard InChI is InChI=1S/C15H17F2NO2/c1-9-5-6-12(16)13(14(9)17)15(20)18-7-3-4-11(18)8-10(2)19/h5-6,11H,3-4,7-8H2,1-2H3. The van der Waals surface area contributed by atoms with E-state index in [9.17, 15) is 18.4 Å². The van der Waals surface area contributed by atoms with E-state index in [0.717, 1.165) is 12.5 Å². The van der Waals surface area contributed by atoms with E-state index in [1.807, 2.05) is 0 Å². The SMILES string of the molecule is CC(=O)CC1CCCN1C(=O)c1c(F)ccc(C)c1F. The third-order valence-electron chi connectivity index (χ3n) is 3.66. The van der Waals surface area contributed by atoms with Gasteiger partial charge in [-0.05, 0) is 38.3 Å². The molecule has 1 saturated heterocycles. The Balaban J connectivity index is 2.31. The number of Topliss-reactive ketones (excluding diaryl/α,β-unsaturated/α-hetero) is 1. The number of benzene rings is 1. The van der Waals surface area contributed by atoms with Gasteiger partial charge in [0, 0.05) is 19.0 Å². The van der Waals surface area contributed by atoms with Crippen molar-refractivity contribution < 1.29 is 18.4 Å². The van der Waals surface area contributed by atoms with E-state index in [1.54, 1.807) is 0 Å². The van der Waals surface area contributed by atoms with Crippen molar-refractivity contribution in [2.75, 3.05) is 6.54 Å². The minimum Gasteiger partial charge on any atom is -0.335 e. The van der Waals surface area contributed by atoms with E-state index in [4.69, 9.17) is 0 Å². The second-order valence-corrected chi connectivity index (χ2v) is 5.25. The third-order valence-corrected chi connectivity index (χ3v) is 3.66. The first kappa shape index (κ1) is 14.6. The zero-order chi connectivity index (χ0) is 14.9. The maximum atomic E-state index is 14.0. The molecule has 5 heteroatoms. The molecule has 2 rings (SSSR count). The largest absolute Gasteiger partial charge is 0.335 e. The predicted octanol–water partition coefficient (Wildman–Crippen LogP) is 2.86. The Kier molecular flexibility index (Phi) is 4.16. The van der Waals surface area contributed by atoms with Crippen LogP contribution in [0.25, 0.3) is 0 Å². The average molecular weight is 281 g/mol. The molecule has 1 aromatic rings. The number of ketones is 1. The van der Waals surface area contributed by atoms with Crippen LogP contribution in [0.3, 0.4) is 0 Å². The molecule has 1 fully saturated rings. The molecule has 1 aliphatic heterocycles. The highest BCUT2D eigenvalue weighted by Gasteiger charge is 2.33. The van der Waals surface area contributed by atoms with Gasteiger partial charge in [0.15, 0.2) is 0 Å². The molecule has 1 amide bonds. The Morgan fingerprint density at radius 2 is 2.05 bits per heavy atom. The lowest BCUT2D eigenvalue weighted by Gasteiger charge is -2.24. The van der Waals surface area contributed by atoms with Gasteiger partial charge in [0.2, 0.25) is 0 Å². The molecule has 20 heavy (non-hydrogen) atoms. The van der Waals surface area contributed by atoms with Crippen LogP contribution in [-0.4, -0.2) is 29.2 Å². The minimum absolute atomic E-state index is 0.0279. The molecule has 108 valence electrons. The van der Waals surface area contributed by atoms with E-state index in [2.05, 4.69) is 0 Å². The summed E-state index contributed by atoms with van der Waals surface area (Å²) in [6.07, 6.45) is 1.68. The quantitative estimate of drug-likeness (QED) is 0.854. The van der Waals surface area contributed by atoms with Crippen LogP contribution in [0.1, 0.15) is 42.1 Å². The number of halogens is 2. The van der Waals surface area contributed by atoms with E-state index in [0.29, 0.717) is 13.0 Å². The predicted molar refractivity (Wildman–Crippen MR) is 70.5 cm³/mol. The van der Waals surface area contributed by atoms with Crippen LogP contribution in [0.2, 0.25) is 0 Å². The van der Waals surface area contributed by atoms with Gasteiger partial charge in [0.05, 0.1) is 0 Å². The summed E-state index contributed by atoms with van der Waals surface area (Å²) < 4.78 is 27.8. The monoisotopic (exact) mass is 281 g/mol. The van der Waals surface area contributed by atoms with Crippen LogP contribution < -0.4 is 0 Å². The molecule has 1 aliphatic rings. The summed E-state index contributed by atoms with van der Waals surface area (Å²) in [6, 6.07) is 2.15. The fraction of sp³-hybridized carbons (Fsp3) is 0.467. The highest BCUT2D eigenvalue weighted by molar-refractivity contribution is 5.95. The van der Waals surface area contributed by atoms with Crippen molar-refractivity contribution in [3.8, 4) is 0 Å². The Bertz CT molecular complexity index is 557. The van der Waals surface area contributed by atoms with Crippen molar-refractivity contribution in [1.82, 2.24) is 4.90 Å². The van der Waals surface area contributed by atoms with Crippen molar-refractivity contribution >= 4 is 11.7 Å². The van der Waals surface area contributed by atoms with Crippen molar-refractivity contribution in [1.29, 1.82) is 0 Å². The molecular weight excluding hydrogens is 264 g/mol. The first-order valence-corrected chi connectivity index (χ1v) is 6.66. The van der Waals surface area contributed by atoms with Crippen LogP contribution in [0.4, 0.5) is 8.78 Å². The van der Waals surface area contributed by atoms with E-state index >= 15 is 0 Å². The normalized spacial score (nSPS) is 18.4. The fourth-order valence-electron chi connectivity index (χ4n) is 2.64. The lowest BCUT2D eigenvalue weighted by Crippen LogP contribution is -2.37. The smallest absolute Gasteiger partial charge is 0.260 e. The van der Waals surface area contributed by atoms with Crippen LogP contribution in [-0.2, 0) is 4.79 Å². The highest BCUT2D eigenvalue weighted by atomic mass is 19.1. The van der Waals surface area contributed by atoms with Crippen LogP contribution in [0.5, 0.6) is 0 Å². The van der Waals surface area contributed by atoms with Gasteiger partial charge in [-0.1, -0.05) is 6.07 Å². The summed E-state index contributed by atoms with van der Waals surface area (Å²) in [6.45, 7) is 3.38. The van der Waals surface area contributed by atoms with Crippen LogP contribution in [0.15, 0.2) is 12.1 Å². The number of nitrogens with zero attached hydrogens (tertiary/aromatic N) is 1. The van der Waals surface area contributed by atoms with Crippen molar-refractivity contribution in [3.63, 3.8) is 0 Å². The maximum absolute atomic E-state index is 14.0. The van der Waals surface area contributed by atoms with Gasteiger partial charge in [-0.25, -0.2) is 8.78 Å². The molecule has 0 saturated carbocycles. The Hall–Kier alpha value is -1.78. The van der Waals surface area contributed by atoms with Gasteiger partial charge in [-0.2, -0.15) is 0 Å². The summed E-state index contributed by atoms with van der Waals surface area (Å²) in [5.41, 5.74) is -0.280. The maximum Gasteiger partial charge on any atom is 0.260 e. The molecule has 0 N–H and O–H groups in total. The van der Waals surface area contributed by atoms with E-state index < -0.39 is 23.1 Å². The second kappa shape index (κ2) is 5.69. The Morgan fingerprint density at radius 3 is 2.70 bits per heavy atom. The lowest BCUT2D eigenvalue weighted by molar-refractivity contribution is -0.117. The molecule has 1 aromatic carbocycles. The summed E-state index contributed by atoms with van der Waals surface area (Å²) in [7, 11) is 0.